The average Bonchev–Trinajstić information content (AvgIpc) is 2.26. The molecule has 0 aromatic heterocycles. The molecule has 0 aliphatic carbocycles. The lowest BCUT2D eigenvalue weighted by Gasteiger charge is -2.04. The summed E-state index contributed by atoms with van der Waals surface area (Å²) in [5, 5.41) is 0. The van der Waals surface area contributed by atoms with Crippen LogP contribution in [0.15, 0.2) is 41.8 Å². The van der Waals surface area contributed by atoms with E-state index in [2.05, 4.69) is 11.3 Å². The molecule has 0 aliphatic heterocycles. The summed E-state index contributed by atoms with van der Waals surface area (Å²) < 4.78 is 25.5. The molecule has 0 bridgehead atoms. The Morgan fingerprint density at radius 2 is 1.94 bits per heavy atom. The first kappa shape index (κ1) is 12.4. The molecular weight excluding hydrogens is 228 g/mol. The normalized spacial score (nSPS) is 11.0. The van der Waals surface area contributed by atoms with Crippen LogP contribution in [0.4, 0.5) is 0 Å². The lowest BCUT2D eigenvalue weighted by Crippen LogP contribution is -2.23. The lowest BCUT2D eigenvalue weighted by molar-refractivity contribution is 0.1000. The topological polar surface area (TPSA) is 89.3 Å². The smallest absolute Gasteiger partial charge is 0.248 e. The molecule has 0 radical (unpaired) electrons. The molecule has 1 amide bonds. The number of carbonyl (C=O) groups excluding carboxylic acids is 1. The third kappa shape index (κ3) is 2.91. The van der Waals surface area contributed by atoms with E-state index in [-0.39, 0.29) is 17.0 Å². The van der Waals surface area contributed by atoms with E-state index in [9.17, 15) is 13.2 Å². The Labute approximate surface area is 94.0 Å². The molecule has 0 aliphatic rings. The van der Waals surface area contributed by atoms with Gasteiger partial charge in [0.05, 0.1) is 4.90 Å². The summed E-state index contributed by atoms with van der Waals surface area (Å²) in [4.78, 5) is 10.9. The van der Waals surface area contributed by atoms with Gasteiger partial charge in [-0.25, -0.2) is 13.1 Å². The fourth-order valence-corrected chi connectivity index (χ4v) is 2.05. The number of hydrogen-bond acceptors (Lipinski definition) is 3. The molecule has 5 nitrogen and oxygen atoms in total. The van der Waals surface area contributed by atoms with E-state index in [1.54, 1.807) is 0 Å². The second-order valence-corrected chi connectivity index (χ2v) is 4.80. The van der Waals surface area contributed by atoms with Crippen LogP contribution in [-0.2, 0) is 10.0 Å². The number of nitrogens with two attached hydrogens (primary N) is 1. The van der Waals surface area contributed by atoms with Gasteiger partial charge in [0.25, 0.3) is 0 Å². The van der Waals surface area contributed by atoms with Crippen molar-refractivity contribution in [2.75, 3.05) is 6.54 Å². The van der Waals surface area contributed by atoms with E-state index in [0.29, 0.717) is 0 Å². The molecule has 1 rings (SSSR count). The molecular formula is C10H12N2O3S. The number of amides is 1. The van der Waals surface area contributed by atoms with Gasteiger partial charge < -0.3 is 5.73 Å². The van der Waals surface area contributed by atoms with Crippen molar-refractivity contribution in [2.45, 2.75) is 4.90 Å². The molecule has 0 saturated heterocycles. The molecule has 0 fully saturated rings. The number of sulfonamides is 1. The van der Waals surface area contributed by atoms with Crippen LogP contribution in [0, 0.1) is 0 Å². The third-order valence-electron chi connectivity index (χ3n) is 1.87. The Hall–Kier alpha value is -1.66. The number of carbonyl (C=O) groups is 1. The van der Waals surface area contributed by atoms with Gasteiger partial charge in [-0.05, 0) is 24.3 Å². The van der Waals surface area contributed by atoms with Gasteiger partial charge in [0.1, 0.15) is 0 Å². The molecule has 0 atom stereocenters. The minimum absolute atomic E-state index is 0.0827. The van der Waals surface area contributed by atoms with Crippen LogP contribution < -0.4 is 10.5 Å². The van der Waals surface area contributed by atoms with Crippen molar-refractivity contribution in [1.82, 2.24) is 4.72 Å². The van der Waals surface area contributed by atoms with Crippen LogP contribution in [-0.4, -0.2) is 20.9 Å². The lowest BCUT2D eigenvalue weighted by atomic mass is 10.2. The standard InChI is InChI=1S/C10H12N2O3S/c1-2-7-12-16(14,15)9-5-3-8(4-6-9)10(11)13/h2-6,12H,1,7H2,(H2,11,13). The quantitative estimate of drug-likeness (QED) is 0.723. The maximum absolute atomic E-state index is 11.6. The van der Waals surface area contributed by atoms with Crippen LogP contribution in [0.5, 0.6) is 0 Å². The summed E-state index contributed by atoms with van der Waals surface area (Å²) in [6, 6.07) is 5.38. The highest BCUT2D eigenvalue weighted by molar-refractivity contribution is 7.89. The van der Waals surface area contributed by atoms with Crippen molar-refractivity contribution in [2.24, 2.45) is 5.73 Å². The van der Waals surface area contributed by atoms with Crippen molar-refractivity contribution in [3.63, 3.8) is 0 Å². The predicted octanol–water partition coefficient (Wildman–Crippen LogP) is 0.250. The van der Waals surface area contributed by atoms with E-state index in [1.165, 1.54) is 30.3 Å². The Balaban J connectivity index is 2.97. The van der Waals surface area contributed by atoms with E-state index in [0.717, 1.165) is 0 Å². The highest BCUT2D eigenvalue weighted by Crippen LogP contribution is 2.09. The highest BCUT2D eigenvalue weighted by Gasteiger charge is 2.12. The van der Waals surface area contributed by atoms with Crippen molar-refractivity contribution < 1.29 is 13.2 Å². The summed E-state index contributed by atoms with van der Waals surface area (Å²) in [5.41, 5.74) is 5.30. The first-order chi connectivity index (χ1) is 7.47. The molecule has 0 saturated carbocycles. The first-order valence-electron chi connectivity index (χ1n) is 4.48. The van der Waals surface area contributed by atoms with Gasteiger partial charge in [0.15, 0.2) is 0 Å². The van der Waals surface area contributed by atoms with Crippen LogP contribution in [0.3, 0.4) is 0 Å². The van der Waals surface area contributed by atoms with Crippen molar-refractivity contribution >= 4 is 15.9 Å². The maximum atomic E-state index is 11.6. The van der Waals surface area contributed by atoms with Gasteiger partial charge in [-0.3, -0.25) is 4.79 Å². The fraction of sp³-hybridized carbons (Fsp3) is 0.100. The summed E-state index contributed by atoms with van der Waals surface area (Å²) in [5.74, 6) is -0.594. The second-order valence-electron chi connectivity index (χ2n) is 3.03. The van der Waals surface area contributed by atoms with Gasteiger partial charge >= 0.3 is 0 Å². The van der Waals surface area contributed by atoms with Crippen molar-refractivity contribution in [3.05, 3.63) is 42.5 Å². The van der Waals surface area contributed by atoms with E-state index >= 15 is 0 Å². The van der Waals surface area contributed by atoms with Crippen LogP contribution in [0.1, 0.15) is 10.4 Å². The van der Waals surface area contributed by atoms with Crippen LogP contribution in [0.2, 0.25) is 0 Å². The SMILES string of the molecule is C=CCNS(=O)(=O)c1ccc(C(N)=O)cc1. The summed E-state index contributed by atoms with van der Waals surface area (Å²) in [6.07, 6.45) is 1.44. The second kappa shape index (κ2) is 4.91. The Bertz CT molecular complexity index is 491. The van der Waals surface area contributed by atoms with Crippen LogP contribution in [0.25, 0.3) is 0 Å². The summed E-state index contributed by atoms with van der Waals surface area (Å²) in [6.45, 7) is 3.56. The van der Waals surface area contributed by atoms with E-state index in [4.69, 9.17) is 5.73 Å². The first-order valence-corrected chi connectivity index (χ1v) is 5.96. The number of rotatable bonds is 5. The molecule has 0 unspecified atom stereocenters. The van der Waals surface area contributed by atoms with Gasteiger partial charge in [-0.2, -0.15) is 0 Å². The number of benzene rings is 1. The van der Waals surface area contributed by atoms with Gasteiger partial charge in [-0.15, -0.1) is 6.58 Å². The molecule has 86 valence electrons. The Morgan fingerprint density at radius 3 is 2.38 bits per heavy atom. The largest absolute Gasteiger partial charge is 0.366 e. The van der Waals surface area contributed by atoms with Crippen LogP contribution >= 0.6 is 0 Å². The molecule has 16 heavy (non-hydrogen) atoms. The van der Waals surface area contributed by atoms with Gasteiger partial charge in [0, 0.05) is 12.1 Å². The Morgan fingerprint density at radius 1 is 1.38 bits per heavy atom. The number of primary amides is 1. The van der Waals surface area contributed by atoms with E-state index in [1.807, 2.05) is 0 Å². The molecule has 3 N–H and O–H groups in total. The van der Waals surface area contributed by atoms with E-state index < -0.39 is 15.9 Å². The summed E-state index contributed by atoms with van der Waals surface area (Å²) in [7, 11) is -3.54. The molecule has 1 aromatic rings. The monoisotopic (exact) mass is 240 g/mol. The zero-order valence-corrected chi connectivity index (χ0v) is 9.33. The molecule has 0 heterocycles. The number of nitrogens with one attached hydrogen (secondary N) is 1. The maximum Gasteiger partial charge on any atom is 0.248 e. The predicted molar refractivity (Wildman–Crippen MR) is 60.3 cm³/mol. The van der Waals surface area contributed by atoms with Crippen molar-refractivity contribution in [3.8, 4) is 0 Å². The van der Waals surface area contributed by atoms with Gasteiger partial charge in [0.2, 0.25) is 15.9 Å². The highest BCUT2D eigenvalue weighted by atomic mass is 32.2. The fourth-order valence-electron chi connectivity index (χ4n) is 1.05. The molecule has 1 aromatic carbocycles. The Kier molecular flexibility index (Phi) is 3.81. The van der Waals surface area contributed by atoms with Crippen molar-refractivity contribution in [1.29, 1.82) is 0 Å². The van der Waals surface area contributed by atoms with Gasteiger partial charge in [-0.1, -0.05) is 6.08 Å². The average molecular weight is 240 g/mol. The zero-order valence-electron chi connectivity index (χ0n) is 8.51. The zero-order chi connectivity index (χ0) is 12.2. The third-order valence-corrected chi connectivity index (χ3v) is 3.31. The summed E-state index contributed by atoms with van der Waals surface area (Å²) >= 11 is 0. The molecule has 0 spiro atoms. The number of hydrogen-bond donors (Lipinski definition) is 2. The molecule has 6 heteroatoms. The minimum atomic E-state index is -3.54. The minimum Gasteiger partial charge on any atom is -0.366 e.